The van der Waals surface area contributed by atoms with Crippen molar-refractivity contribution in [1.82, 2.24) is 9.78 Å². The van der Waals surface area contributed by atoms with Gasteiger partial charge in [-0.25, -0.2) is 0 Å². The molecule has 1 unspecified atom stereocenters. The number of aryl methyl sites for hydroxylation is 1. The van der Waals surface area contributed by atoms with Crippen molar-refractivity contribution in [2.24, 2.45) is 13.0 Å². The highest BCUT2D eigenvalue weighted by Crippen LogP contribution is 2.13. The van der Waals surface area contributed by atoms with Crippen LogP contribution in [-0.2, 0) is 7.05 Å². The maximum atomic E-state index is 5.61. The average Bonchev–Trinajstić information content (AvgIpc) is 2.35. The van der Waals surface area contributed by atoms with Crippen molar-refractivity contribution in [2.45, 2.75) is 26.9 Å². The zero-order chi connectivity index (χ0) is 9.14. The quantitative estimate of drug-likeness (QED) is 0.688. The van der Waals surface area contributed by atoms with Gasteiger partial charge in [0.25, 0.3) is 0 Å². The number of aromatic nitrogens is 2. The lowest BCUT2D eigenvalue weighted by molar-refractivity contribution is 0.170. The molecule has 0 saturated heterocycles. The van der Waals surface area contributed by atoms with Gasteiger partial charge in [0, 0.05) is 7.05 Å². The molecular weight excluding hydrogens is 152 g/mol. The molecule has 0 fully saturated rings. The molecule has 0 spiro atoms. The number of hydrogen-bond donors (Lipinski definition) is 0. The van der Waals surface area contributed by atoms with Crippen molar-refractivity contribution in [1.29, 1.82) is 0 Å². The van der Waals surface area contributed by atoms with Crippen molar-refractivity contribution in [3.8, 4) is 5.75 Å². The summed E-state index contributed by atoms with van der Waals surface area (Å²) >= 11 is 0. The fraction of sp³-hybridized carbons (Fsp3) is 0.667. The number of ether oxygens (including phenoxy) is 1. The Labute approximate surface area is 73.3 Å². The SMILES string of the molecule is CC(C)C(C)Oc1cnn(C)c1. The summed E-state index contributed by atoms with van der Waals surface area (Å²) in [6, 6.07) is 0. The number of rotatable bonds is 3. The minimum absolute atomic E-state index is 0.245. The molecule has 0 amide bonds. The third-order valence-corrected chi connectivity index (χ3v) is 1.94. The van der Waals surface area contributed by atoms with Gasteiger partial charge in [0.05, 0.1) is 18.5 Å². The minimum Gasteiger partial charge on any atom is -0.487 e. The van der Waals surface area contributed by atoms with Gasteiger partial charge in [-0.05, 0) is 12.8 Å². The summed E-state index contributed by atoms with van der Waals surface area (Å²) in [6.07, 6.45) is 3.85. The molecule has 1 aromatic heterocycles. The molecule has 0 saturated carbocycles. The molecule has 3 heteroatoms. The van der Waals surface area contributed by atoms with Crippen LogP contribution in [0.3, 0.4) is 0 Å². The molecule has 1 heterocycles. The van der Waals surface area contributed by atoms with Gasteiger partial charge in [-0.15, -0.1) is 0 Å². The van der Waals surface area contributed by atoms with Gasteiger partial charge in [0.2, 0.25) is 0 Å². The monoisotopic (exact) mass is 168 g/mol. The van der Waals surface area contributed by atoms with E-state index in [1.165, 1.54) is 0 Å². The van der Waals surface area contributed by atoms with Gasteiger partial charge >= 0.3 is 0 Å². The lowest BCUT2D eigenvalue weighted by atomic mass is 10.1. The highest BCUT2D eigenvalue weighted by Gasteiger charge is 2.08. The highest BCUT2D eigenvalue weighted by molar-refractivity contribution is 5.11. The normalized spacial score (nSPS) is 13.4. The first-order valence-corrected chi connectivity index (χ1v) is 4.25. The Bertz CT molecular complexity index is 242. The van der Waals surface area contributed by atoms with Crippen molar-refractivity contribution < 1.29 is 4.74 Å². The third kappa shape index (κ3) is 2.26. The summed E-state index contributed by atoms with van der Waals surface area (Å²) in [6.45, 7) is 6.35. The topological polar surface area (TPSA) is 27.1 Å². The van der Waals surface area contributed by atoms with Gasteiger partial charge < -0.3 is 4.74 Å². The molecule has 1 atom stereocenters. The molecule has 3 nitrogen and oxygen atoms in total. The molecule has 12 heavy (non-hydrogen) atoms. The first kappa shape index (κ1) is 9.10. The van der Waals surface area contributed by atoms with Gasteiger partial charge in [-0.2, -0.15) is 5.10 Å². The van der Waals surface area contributed by atoms with E-state index in [0.29, 0.717) is 5.92 Å². The first-order valence-electron chi connectivity index (χ1n) is 4.25. The molecule has 0 aromatic carbocycles. The van der Waals surface area contributed by atoms with Crippen LogP contribution >= 0.6 is 0 Å². The maximum Gasteiger partial charge on any atom is 0.157 e. The second-order valence-electron chi connectivity index (χ2n) is 3.42. The Morgan fingerprint density at radius 3 is 2.50 bits per heavy atom. The van der Waals surface area contributed by atoms with E-state index >= 15 is 0 Å². The molecule has 0 aliphatic carbocycles. The van der Waals surface area contributed by atoms with Crippen LogP contribution in [0.4, 0.5) is 0 Å². The third-order valence-electron chi connectivity index (χ3n) is 1.94. The van der Waals surface area contributed by atoms with Crippen LogP contribution in [0, 0.1) is 5.92 Å². The van der Waals surface area contributed by atoms with Crippen LogP contribution in [-0.4, -0.2) is 15.9 Å². The van der Waals surface area contributed by atoms with Crippen LogP contribution in [0.1, 0.15) is 20.8 Å². The van der Waals surface area contributed by atoms with E-state index in [0.717, 1.165) is 5.75 Å². The van der Waals surface area contributed by atoms with Gasteiger partial charge in [0.1, 0.15) is 0 Å². The molecule has 0 aliphatic rings. The molecule has 1 rings (SSSR count). The van der Waals surface area contributed by atoms with Crippen molar-refractivity contribution in [3.63, 3.8) is 0 Å². The van der Waals surface area contributed by atoms with Crippen LogP contribution in [0.5, 0.6) is 5.75 Å². The lowest BCUT2D eigenvalue weighted by Crippen LogP contribution is -2.18. The van der Waals surface area contributed by atoms with Gasteiger partial charge in [0.15, 0.2) is 5.75 Å². The standard InChI is InChI=1S/C9H16N2O/c1-7(2)8(3)12-9-5-10-11(4)6-9/h5-8H,1-4H3. The second-order valence-corrected chi connectivity index (χ2v) is 3.42. The van der Waals surface area contributed by atoms with E-state index in [4.69, 9.17) is 4.74 Å². The van der Waals surface area contributed by atoms with Crippen LogP contribution < -0.4 is 4.74 Å². The zero-order valence-electron chi connectivity index (χ0n) is 8.11. The smallest absolute Gasteiger partial charge is 0.157 e. The number of hydrogen-bond acceptors (Lipinski definition) is 2. The van der Waals surface area contributed by atoms with E-state index in [-0.39, 0.29) is 6.10 Å². The Hall–Kier alpha value is -0.990. The van der Waals surface area contributed by atoms with Crippen LogP contribution in [0.25, 0.3) is 0 Å². The van der Waals surface area contributed by atoms with E-state index in [2.05, 4.69) is 25.9 Å². The lowest BCUT2D eigenvalue weighted by Gasteiger charge is -2.16. The average molecular weight is 168 g/mol. The highest BCUT2D eigenvalue weighted by atomic mass is 16.5. The predicted molar refractivity (Wildman–Crippen MR) is 48.1 cm³/mol. The summed E-state index contributed by atoms with van der Waals surface area (Å²) in [5.74, 6) is 1.38. The largest absolute Gasteiger partial charge is 0.487 e. The van der Waals surface area contributed by atoms with Crippen molar-refractivity contribution >= 4 is 0 Å². The van der Waals surface area contributed by atoms with Crippen molar-refractivity contribution in [2.75, 3.05) is 0 Å². The van der Waals surface area contributed by atoms with Crippen molar-refractivity contribution in [3.05, 3.63) is 12.4 Å². The molecule has 0 aliphatic heterocycles. The van der Waals surface area contributed by atoms with E-state index in [1.54, 1.807) is 10.9 Å². The molecule has 68 valence electrons. The summed E-state index contributed by atoms with van der Waals surface area (Å²) < 4.78 is 7.35. The van der Waals surface area contributed by atoms with Gasteiger partial charge in [-0.3, -0.25) is 4.68 Å². The van der Waals surface area contributed by atoms with E-state index in [1.807, 2.05) is 13.2 Å². The predicted octanol–water partition coefficient (Wildman–Crippen LogP) is 1.84. The van der Waals surface area contributed by atoms with Gasteiger partial charge in [-0.1, -0.05) is 13.8 Å². The Morgan fingerprint density at radius 1 is 1.42 bits per heavy atom. The minimum atomic E-state index is 0.245. The summed E-state index contributed by atoms with van der Waals surface area (Å²) in [7, 11) is 1.88. The van der Waals surface area contributed by atoms with E-state index < -0.39 is 0 Å². The second kappa shape index (κ2) is 3.61. The molecule has 0 bridgehead atoms. The summed E-state index contributed by atoms with van der Waals surface area (Å²) in [4.78, 5) is 0. The Morgan fingerprint density at radius 2 is 2.08 bits per heavy atom. The maximum absolute atomic E-state index is 5.61. The van der Waals surface area contributed by atoms with Crippen LogP contribution in [0.15, 0.2) is 12.4 Å². The summed E-state index contributed by atoms with van der Waals surface area (Å²) in [5.41, 5.74) is 0. The van der Waals surface area contributed by atoms with E-state index in [9.17, 15) is 0 Å². The molecule has 0 N–H and O–H groups in total. The van der Waals surface area contributed by atoms with Crippen LogP contribution in [0.2, 0.25) is 0 Å². The zero-order valence-corrected chi connectivity index (χ0v) is 8.11. The fourth-order valence-corrected chi connectivity index (χ4v) is 0.810. The molecule has 0 radical (unpaired) electrons. The fourth-order valence-electron chi connectivity index (χ4n) is 0.810. The Balaban J connectivity index is 2.52. The summed E-state index contributed by atoms with van der Waals surface area (Å²) in [5, 5.41) is 4.02. The Kier molecular flexibility index (Phi) is 2.74. The number of nitrogens with zero attached hydrogens (tertiary/aromatic N) is 2. The molecular formula is C9H16N2O. The molecule has 1 aromatic rings. The first-order chi connectivity index (χ1) is 5.59.